The minimum atomic E-state index is -1.20. The lowest BCUT2D eigenvalue weighted by Crippen LogP contribution is -2.56. The molecule has 222 valence electrons. The lowest BCUT2D eigenvalue weighted by molar-refractivity contribution is -0.147. The Morgan fingerprint density at radius 2 is 1.65 bits per heavy atom. The molecule has 0 radical (unpaired) electrons. The highest BCUT2D eigenvalue weighted by Gasteiger charge is 2.41. The van der Waals surface area contributed by atoms with E-state index in [0.29, 0.717) is 18.5 Å². The van der Waals surface area contributed by atoms with Crippen LogP contribution in [0, 0.1) is 0 Å². The van der Waals surface area contributed by atoms with E-state index in [9.17, 15) is 19.2 Å². The molecule has 4 rings (SSSR count). The number of anilines is 1. The van der Waals surface area contributed by atoms with Gasteiger partial charge in [-0.3, -0.25) is 9.59 Å². The molecule has 9 nitrogen and oxygen atoms in total. The smallest absolute Gasteiger partial charge is 0.249 e. The summed E-state index contributed by atoms with van der Waals surface area (Å²) < 4.78 is 6.06. The van der Waals surface area contributed by atoms with Gasteiger partial charge in [-0.25, -0.2) is 9.59 Å². The Hall–Kier alpha value is -4.68. The molecular formula is C34H36N4O5. The number of amides is 2. The maximum Gasteiger partial charge on any atom is 0.249 e. The van der Waals surface area contributed by atoms with Crippen LogP contribution in [0.1, 0.15) is 52.2 Å². The molecule has 0 fully saturated rings. The van der Waals surface area contributed by atoms with Crippen LogP contribution in [0.5, 0.6) is 0 Å². The van der Waals surface area contributed by atoms with Gasteiger partial charge in [0.2, 0.25) is 24.0 Å². The largest absolute Gasteiger partial charge is 0.367 e. The Balaban J connectivity index is 1.61. The number of hydrogen-bond acceptors (Lipinski definition) is 7. The SMILES string of the molecule is CC(C)(C)OC(C)(C)C(N=C=O)C(=O)N[C@@H]1CCc2ccccc2N(Cc2ccc(-c3ccccc3N=C=O)cc2)C1=O. The van der Waals surface area contributed by atoms with E-state index in [-0.39, 0.29) is 12.5 Å². The van der Waals surface area contributed by atoms with E-state index >= 15 is 0 Å². The fourth-order valence-corrected chi connectivity index (χ4v) is 5.53. The predicted octanol–water partition coefficient (Wildman–Crippen LogP) is 5.58. The summed E-state index contributed by atoms with van der Waals surface area (Å²) in [5, 5.41) is 2.86. The molecule has 43 heavy (non-hydrogen) atoms. The molecule has 0 saturated carbocycles. The molecule has 3 aromatic rings. The van der Waals surface area contributed by atoms with Gasteiger partial charge in [0, 0.05) is 11.3 Å². The van der Waals surface area contributed by atoms with E-state index in [1.165, 1.54) is 6.08 Å². The number of aliphatic imine (C=N–C) groups is 2. The third kappa shape index (κ3) is 7.59. The molecule has 0 saturated heterocycles. The van der Waals surface area contributed by atoms with Crippen molar-refractivity contribution in [3.8, 4) is 11.1 Å². The molecule has 2 atom stereocenters. The zero-order valence-corrected chi connectivity index (χ0v) is 25.1. The second-order valence-electron chi connectivity index (χ2n) is 12.0. The lowest BCUT2D eigenvalue weighted by atomic mass is 9.96. The summed E-state index contributed by atoms with van der Waals surface area (Å²) >= 11 is 0. The van der Waals surface area contributed by atoms with E-state index in [4.69, 9.17) is 4.74 Å². The van der Waals surface area contributed by atoms with Crippen LogP contribution in [-0.4, -0.2) is 47.3 Å². The number of hydrogen-bond donors (Lipinski definition) is 1. The third-order valence-electron chi connectivity index (χ3n) is 7.20. The highest BCUT2D eigenvalue weighted by atomic mass is 16.5. The van der Waals surface area contributed by atoms with E-state index < -0.39 is 29.2 Å². The van der Waals surface area contributed by atoms with Crippen molar-refractivity contribution >= 4 is 35.3 Å². The molecule has 1 N–H and O–H groups in total. The number of rotatable bonds is 9. The fraction of sp³-hybridized carbons (Fsp3) is 0.353. The fourth-order valence-electron chi connectivity index (χ4n) is 5.53. The first-order valence-corrected chi connectivity index (χ1v) is 14.2. The summed E-state index contributed by atoms with van der Waals surface area (Å²) in [6.07, 6.45) is 4.04. The minimum absolute atomic E-state index is 0.267. The Kier molecular flexibility index (Phi) is 9.52. The number of carbonyl (C=O) groups excluding carboxylic acids is 4. The van der Waals surface area contributed by atoms with Crippen LogP contribution in [0.2, 0.25) is 0 Å². The first kappa shape index (κ1) is 31.3. The van der Waals surface area contributed by atoms with Gasteiger partial charge in [0.1, 0.15) is 6.04 Å². The van der Waals surface area contributed by atoms with Gasteiger partial charge in [0.15, 0.2) is 6.04 Å². The highest BCUT2D eigenvalue weighted by Crippen LogP contribution is 2.32. The number of benzene rings is 3. The Bertz CT molecular complexity index is 1580. The van der Waals surface area contributed by atoms with E-state index in [2.05, 4.69) is 15.3 Å². The molecule has 1 aliphatic heterocycles. The first-order valence-electron chi connectivity index (χ1n) is 14.2. The molecule has 0 bridgehead atoms. The highest BCUT2D eigenvalue weighted by molar-refractivity contribution is 6.01. The number of para-hydroxylation sites is 2. The van der Waals surface area contributed by atoms with Crippen LogP contribution in [0.25, 0.3) is 11.1 Å². The lowest BCUT2D eigenvalue weighted by Gasteiger charge is -2.37. The molecule has 1 heterocycles. The van der Waals surface area contributed by atoms with Crippen LogP contribution in [0.4, 0.5) is 11.4 Å². The molecule has 9 heteroatoms. The summed E-state index contributed by atoms with van der Waals surface area (Å²) in [4.78, 5) is 59.0. The topological polar surface area (TPSA) is 117 Å². The molecule has 3 aromatic carbocycles. The van der Waals surface area contributed by atoms with Gasteiger partial charge in [0.25, 0.3) is 0 Å². The predicted molar refractivity (Wildman–Crippen MR) is 164 cm³/mol. The molecule has 1 unspecified atom stereocenters. The Morgan fingerprint density at radius 1 is 0.977 bits per heavy atom. The maximum absolute atomic E-state index is 14.0. The van der Waals surface area contributed by atoms with Crippen molar-refractivity contribution in [2.75, 3.05) is 4.90 Å². The van der Waals surface area contributed by atoms with Crippen molar-refractivity contribution in [3.63, 3.8) is 0 Å². The number of isocyanates is 2. The van der Waals surface area contributed by atoms with Crippen LogP contribution in [0.15, 0.2) is 82.8 Å². The van der Waals surface area contributed by atoms with Crippen molar-refractivity contribution in [1.82, 2.24) is 5.32 Å². The maximum atomic E-state index is 14.0. The van der Waals surface area contributed by atoms with Gasteiger partial charge in [-0.1, -0.05) is 60.7 Å². The van der Waals surface area contributed by atoms with E-state index in [0.717, 1.165) is 27.9 Å². The van der Waals surface area contributed by atoms with Crippen molar-refractivity contribution in [2.24, 2.45) is 9.98 Å². The monoisotopic (exact) mass is 580 g/mol. The number of carbonyl (C=O) groups is 2. The second kappa shape index (κ2) is 13.1. The first-order chi connectivity index (χ1) is 20.4. The zero-order chi connectivity index (χ0) is 31.2. The molecule has 0 spiro atoms. The summed E-state index contributed by atoms with van der Waals surface area (Å²) in [6, 6.07) is 20.6. The van der Waals surface area contributed by atoms with Crippen LogP contribution in [-0.2, 0) is 36.9 Å². The average molecular weight is 581 g/mol. The second-order valence-corrected chi connectivity index (χ2v) is 12.0. The number of nitrogens with zero attached hydrogens (tertiary/aromatic N) is 3. The quantitative estimate of drug-likeness (QED) is 0.262. The standard InChI is InChI=1S/C34H36N4O5/c1-33(2,3)43-34(4,5)30(36-22-40)31(41)37-28-19-18-25-10-6-9-13-29(25)38(32(28)42)20-23-14-16-24(17-15-23)26-11-7-8-12-27(26)35-21-39/h6-17,28,30H,18-20H2,1-5H3,(H,37,41)/t28-,30?/m1/s1. The minimum Gasteiger partial charge on any atom is -0.367 e. The van der Waals surface area contributed by atoms with Crippen LogP contribution >= 0.6 is 0 Å². The molecule has 2 amide bonds. The van der Waals surface area contributed by atoms with Crippen molar-refractivity contribution in [2.45, 2.75) is 77.3 Å². The van der Waals surface area contributed by atoms with Crippen molar-refractivity contribution < 1.29 is 23.9 Å². The summed E-state index contributed by atoms with van der Waals surface area (Å²) in [6.45, 7) is 9.20. The van der Waals surface area contributed by atoms with E-state index in [1.54, 1.807) is 37.0 Å². The average Bonchev–Trinajstić information content (AvgIpc) is 3.08. The summed E-state index contributed by atoms with van der Waals surface area (Å²) in [7, 11) is 0. The van der Waals surface area contributed by atoms with Crippen molar-refractivity contribution in [1.29, 1.82) is 0 Å². The van der Waals surface area contributed by atoms with Gasteiger partial charge in [-0.2, -0.15) is 9.98 Å². The summed E-state index contributed by atoms with van der Waals surface area (Å²) in [5.74, 6) is -0.848. The van der Waals surface area contributed by atoms with Gasteiger partial charge in [0.05, 0.1) is 23.4 Å². The molecule has 0 aliphatic carbocycles. The van der Waals surface area contributed by atoms with Crippen LogP contribution < -0.4 is 10.2 Å². The van der Waals surface area contributed by atoms with Crippen molar-refractivity contribution in [3.05, 3.63) is 83.9 Å². The summed E-state index contributed by atoms with van der Waals surface area (Å²) in [5.41, 5.74) is 3.09. The zero-order valence-electron chi connectivity index (χ0n) is 25.1. The normalized spacial score (nSPS) is 15.8. The van der Waals surface area contributed by atoms with Crippen LogP contribution in [0.3, 0.4) is 0 Å². The van der Waals surface area contributed by atoms with Gasteiger partial charge in [-0.15, -0.1) is 0 Å². The number of fused-ring (bicyclic) bond motifs is 1. The van der Waals surface area contributed by atoms with Gasteiger partial charge < -0.3 is 15.0 Å². The number of nitrogens with one attached hydrogen (secondary N) is 1. The third-order valence-corrected chi connectivity index (χ3v) is 7.20. The molecule has 1 aliphatic rings. The van der Waals surface area contributed by atoms with Gasteiger partial charge >= 0.3 is 0 Å². The Labute approximate surface area is 251 Å². The number of ether oxygens (including phenoxy) is 1. The van der Waals surface area contributed by atoms with E-state index in [1.807, 2.05) is 81.4 Å². The Morgan fingerprint density at radius 3 is 2.33 bits per heavy atom. The van der Waals surface area contributed by atoms with Gasteiger partial charge in [-0.05, 0) is 76.3 Å². The molecule has 0 aromatic heterocycles. The number of aryl methyl sites for hydroxylation is 1. The molecular weight excluding hydrogens is 544 g/mol.